The van der Waals surface area contributed by atoms with E-state index in [1.165, 1.54) is 44.8 Å². The van der Waals surface area contributed by atoms with Crippen molar-refractivity contribution in [1.29, 1.82) is 0 Å². The van der Waals surface area contributed by atoms with Crippen molar-refractivity contribution in [1.82, 2.24) is 15.5 Å². The van der Waals surface area contributed by atoms with Gasteiger partial charge in [-0.15, -0.1) is 11.8 Å². The Morgan fingerprint density at radius 2 is 0.947 bits per heavy atom. The van der Waals surface area contributed by atoms with E-state index in [4.69, 9.17) is 4.74 Å². The van der Waals surface area contributed by atoms with Gasteiger partial charge < -0.3 is 29.7 Å². The molecule has 0 radical (unpaired) electrons. The molecule has 13 nitrogen and oxygen atoms in total. The molecule has 0 aliphatic rings. The summed E-state index contributed by atoms with van der Waals surface area (Å²) in [5, 5.41) is 5.76. The second-order valence-electron chi connectivity index (χ2n) is 21.4. The molecule has 76 heavy (non-hydrogen) atoms. The third-order valence-corrected chi connectivity index (χ3v) is 11.5. The van der Waals surface area contributed by atoms with Gasteiger partial charge in [-0.05, 0) is 141 Å². The number of nitrogens with zero attached hydrogens (tertiary/aromatic N) is 1. The normalized spacial score (nSPS) is 9.63. The second kappa shape index (κ2) is 70.1. The lowest BCUT2D eigenvalue weighted by Crippen LogP contribution is -2.27. The summed E-state index contributed by atoms with van der Waals surface area (Å²) >= 11 is 1.88. The fourth-order valence-electron chi connectivity index (χ4n) is 2.13. The van der Waals surface area contributed by atoms with E-state index in [2.05, 4.69) is 154 Å². The van der Waals surface area contributed by atoms with E-state index in [0.29, 0.717) is 18.1 Å². The summed E-state index contributed by atoms with van der Waals surface area (Å²) in [6, 6.07) is 0.961. The molecule has 2 amide bonds. The summed E-state index contributed by atoms with van der Waals surface area (Å²) in [5.41, 5.74) is 2.98. The number of allylic oxidation sites excluding steroid dienone is 2. The third-order valence-electron chi connectivity index (χ3n) is 8.89. The van der Waals surface area contributed by atoms with Crippen molar-refractivity contribution in [3.8, 4) is 11.8 Å². The van der Waals surface area contributed by atoms with Gasteiger partial charge in [0.05, 0.1) is 30.5 Å². The van der Waals surface area contributed by atoms with Gasteiger partial charge in [-0.3, -0.25) is 24.0 Å². The SMILES string of the molecule is CC#CC(C)C.CC(=O)C(C)C.CC(=O)NC(C)C.CC(=O)OC(C)C.CC(C)=C(C)C(C)C.CC(C)N(C)C.CC(C)S(C)(=O)=O.CCC(C)C.CNC(=O)C(C)C.COC(=O)C(C)C.COC(C)C.CSC(C)C. The summed E-state index contributed by atoms with van der Waals surface area (Å²) in [6.07, 6.45) is 5.06. The minimum absolute atomic E-state index is 0.00463. The first-order valence-corrected chi connectivity index (χ1v) is 30.4. The Morgan fingerprint density at radius 3 is 0.947 bits per heavy atom. The maximum Gasteiger partial charge on any atom is 0.308 e. The predicted molar refractivity (Wildman–Crippen MR) is 339 cm³/mol. The number of Topliss-reactive ketones (excluding diaryl/α,β-unsaturated/α-hetero) is 1. The van der Waals surface area contributed by atoms with Crippen LogP contribution in [0.15, 0.2) is 11.1 Å². The van der Waals surface area contributed by atoms with Crippen LogP contribution < -0.4 is 10.6 Å². The number of ether oxygens (including phenoxy) is 3. The number of hydrogen-bond acceptors (Lipinski definition) is 12. The van der Waals surface area contributed by atoms with Gasteiger partial charge in [0, 0.05) is 64.1 Å². The number of carbonyl (C=O) groups is 5. The first kappa shape index (κ1) is 102. The molecule has 0 aliphatic heterocycles. The summed E-state index contributed by atoms with van der Waals surface area (Å²) < 4.78 is 34.4. The van der Waals surface area contributed by atoms with E-state index in [9.17, 15) is 32.4 Å². The van der Waals surface area contributed by atoms with Crippen molar-refractivity contribution in [2.24, 2.45) is 35.5 Å². The lowest BCUT2D eigenvalue weighted by Gasteiger charge is -2.12. The number of carbonyl (C=O) groups excluding carboxylic acids is 5. The molecule has 0 aliphatic carbocycles. The maximum atomic E-state index is 10.4. The molecule has 0 heterocycles. The number of esters is 2. The van der Waals surface area contributed by atoms with Crippen LogP contribution in [-0.2, 0) is 48.0 Å². The molecule has 0 aromatic rings. The lowest BCUT2D eigenvalue weighted by atomic mass is 10.0. The average molecular weight is 1130 g/mol. The van der Waals surface area contributed by atoms with Crippen LogP contribution in [-0.4, -0.2) is 126 Å². The number of sulfone groups is 1. The number of thioether (sulfide) groups is 1. The quantitative estimate of drug-likeness (QED) is 0.114. The number of ketones is 1. The first-order valence-electron chi connectivity index (χ1n) is 27.2. The highest BCUT2D eigenvalue weighted by Crippen LogP contribution is 2.12. The second-order valence-corrected chi connectivity index (χ2v) is 25.4. The summed E-state index contributed by atoms with van der Waals surface area (Å²) in [4.78, 5) is 53.2. The minimum atomic E-state index is -2.74. The average Bonchev–Trinajstić information content (AvgIpc) is 3.26. The highest BCUT2D eigenvalue weighted by atomic mass is 32.2. The Bertz CT molecular complexity index is 1420. The lowest BCUT2D eigenvalue weighted by molar-refractivity contribution is -0.145. The maximum absolute atomic E-state index is 10.4. The minimum Gasteiger partial charge on any atom is -0.469 e. The smallest absolute Gasteiger partial charge is 0.308 e. The highest BCUT2D eigenvalue weighted by molar-refractivity contribution is 7.99. The monoisotopic (exact) mass is 1130 g/mol. The molecule has 0 fully saturated rings. The van der Waals surface area contributed by atoms with Gasteiger partial charge in [-0.2, -0.15) is 11.8 Å². The van der Waals surface area contributed by atoms with Crippen LogP contribution in [0.3, 0.4) is 0 Å². The van der Waals surface area contributed by atoms with E-state index in [1.54, 1.807) is 48.8 Å². The van der Waals surface area contributed by atoms with Crippen molar-refractivity contribution in [2.75, 3.05) is 47.9 Å². The van der Waals surface area contributed by atoms with Crippen LogP contribution in [0.25, 0.3) is 0 Å². The van der Waals surface area contributed by atoms with E-state index in [0.717, 1.165) is 17.1 Å². The van der Waals surface area contributed by atoms with Crippen LogP contribution in [0.5, 0.6) is 0 Å². The van der Waals surface area contributed by atoms with Crippen LogP contribution in [0.1, 0.15) is 228 Å². The molecule has 0 spiro atoms. The van der Waals surface area contributed by atoms with Crippen LogP contribution in [0.2, 0.25) is 0 Å². The fourth-order valence-corrected chi connectivity index (χ4v) is 2.13. The van der Waals surface area contributed by atoms with E-state index >= 15 is 0 Å². The van der Waals surface area contributed by atoms with Crippen LogP contribution >= 0.6 is 11.8 Å². The number of amides is 2. The molecule has 0 saturated heterocycles. The molecule has 2 N–H and O–H groups in total. The molecule has 464 valence electrons. The van der Waals surface area contributed by atoms with E-state index in [1.807, 2.05) is 87.9 Å². The Morgan fingerprint density at radius 1 is 0.632 bits per heavy atom. The Balaban J connectivity index is -0.0000000589. The van der Waals surface area contributed by atoms with Gasteiger partial charge in [0.2, 0.25) is 11.8 Å². The fraction of sp³-hybridized carbons (Fsp3) is 0.852. The van der Waals surface area contributed by atoms with Gasteiger partial charge in [0.1, 0.15) is 15.6 Å². The zero-order valence-electron chi connectivity index (χ0n) is 57.5. The topological polar surface area (TPSA) is 174 Å². The van der Waals surface area contributed by atoms with Gasteiger partial charge in [-0.25, -0.2) is 8.42 Å². The molecular weight excluding hydrogens is 999 g/mol. The summed E-state index contributed by atoms with van der Waals surface area (Å²) in [7, 11) is 6.14. The molecule has 15 heteroatoms. The van der Waals surface area contributed by atoms with Crippen molar-refractivity contribution >= 4 is 51.1 Å². The number of nitrogens with one attached hydrogen (secondary N) is 2. The number of hydrogen-bond donors (Lipinski definition) is 2. The summed E-state index contributed by atoms with van der Waals surface area (Å²) in [5.74, 6) is 8.28. The van der Waals surface area contributed by atoms with Crippen LogP contribution in [0.4, 0.5) is 0 Å². The standard InChI is InChI=1S/C8H16.C6H10.2C5H11NO.C5H13N.2C5H10O2.C5H10O.C5H12.C4H10O2S.C4H10O.C4H10S/c1-6(2)8(5)7(3)4;1-4-5-6(2)3;1-4(2)5(7)6-3;1-4(2)6-5(3)7;1-5(2)6(3)4;1-4(2)5(6)7-3;1-4(2)7-5(3)6;1-4(2)5(3)6;1-4-5(2)3;1-4(2)7(3,5)6;2*1-4(2)5-3/h6H,1-5H3;6H,1-3H3;2*4H,1-3H3,(H,6,7);5H,1-4H3;2*4H,1-3H3;4H,1-3H3;5H,4H2,1-3H3;4H,1-3H3;2*4H,1-3H3. The number of rotatable bonds is 11. The van der Waals surface area contributed by atoms with E-state index in [-0.39, 0.29) is 64.7 Å². The largest absolute Gasteiger partial charge is 0.469 e. The Hall–Kier alpha value is -2.93. The van der Waals surface area contributed by atoms with Crippen molar-refractivity contribution in [2.45, 2.75) is 263 Å². The van der Waals surface area contributed by atoms with E-state index < -0.39 is 9.84 Å². The van der Waals surface area contributed by atoms with Gasteiger partial charge in [-0.1, -0.05) is 121 Å². The predicted octanol–water partition coefficient (Wildman–Crippen LogP) is 14.8. The van der Waals surface area contributed by atoms with Crippen molar-refractivity contribution < 1.29 is 46.6 Å². The molecule has 0 rings (SSSR count). The molecule has 0 atom stereocenters. The molecule has 0 bridgehead atoms. The molecule has 0 saturated carbocycles. The van der Waals surface area contributed by atoms with Crippen LogP contribution in [0, 0.1) is 47.3 Å². The molecule has 0 aromatic carbocycles. The molecule has 0 aromatic heterocycles. The first-order chi connectivity index (χ1) is 34.0. The Kier molecular flexibility index (Phi) is 93.8. The van der Waals surface area contributed by atoms with Gasteiger partial charge >= 0.3 is 11.9 Å². The molecule has 0 unspecified atom stereocenters. The van der Waals surface area contributed by atoms with Gasteiger partial charge in [0.25, 0.3) is 0 Å². The zero-order valence-corrected chi connectivity index (χ0v) is 59.1. The van der Waals surface area contributed by atoms with Crippen molar-refractivity contribution in [3.63, 3.8) is 0 Å². The summed E-state index contributed by atoms with van der Waals surface area (Å²) in [6.45, 7) is 62.8. The zero-order chi connectivity index (χ0) is 64.4. The third kappa shape index (κ3) is 151. The Labute approximate surface area is 480 Å². The highest BCUT2D eigenvalue weighted by Gasteiger charge is 2.06. The number of methoxy groups -OCH3 is 2. The van der Waals surface area contributed by atoms with Crippen molar-refractivity contribution in [3.05, 3.63) is 11.1 Å². The van der Waals surface area contributed by atoms with Gasteiger partial charge in [0.15, 0.2) is 0 Å². The molecular formula is C61H133N3O10S2.